The highest BCUT2D eigenvalue weighted by Gasteiger charge is 2.23. The molecule has 0 amide bonds. The van der Waals surface area contributed by atoms with Crippen molar-refractivity contribution in [3.8, 4) is 6.07 Å². The van der Waals surface area contributed by atoms with Crippen LogP contribution < -0.4 is 5.32 Å². The summed E-state index contributed by atoms with van der Waals surface area (Å²) in [6.45, 7) is 4.14. The van der Waals surface area contributed by atoms with Gasteiger partial charge >= 0.3 is 0 Å². The van der Waals surface area contributed by atoms with E-state index in [0.717, 1.165) is 19.6 Å². The number of halogens is 1. The lowest BCUT2D eigenvalue weighted by molar-refractivity contribution is 0.105. The molecule has 1 aromatic rings. The van der Waals surface area contributed by atoms with Crippen molar-refractivity contribution in [2.75, 3.05) is 13.2 Å². The monoisotopic (exact) mass is 248 g/mol. The van der Waals surface area contributed by atoms with E-state index in [2.05, 4.69) is 12.2 Å². The zero-order valence-electron chi connectivity index (χ0n) is 10.4. The largest absolute Gasteiger partial charge is 0.378 e. The van der Waals surface area contributed by atoms with E-state index < -0.39 is 5.82 Å². The van der Waals surface area contributed by atoms with E-state index in [1.807, 2.05) is 6.07 Å². The van der Waals surface area contributed by atoms with Crippen LogP contribution in [0.4, 0.5) is 4.39 Å². The van der Waals surface area contributed by atoms with Crippen molar-refractivity contribution in [2.24, 2.45) is 5.92 Å². The molecular weight excluding hydrogens is 231 g/mol. The van der Waals surface area contributed by atoms with Gasteiger partial charge in [-0.05, 0) is 25.3 Å². The van der Waals surface area contributed by atoms with Crippen molar-refractivity contribution < 1.29 is 9.13 Å². The van der Waals surface area contributed by atoms with Crippen LogP contribution in [-0.4, -0.2) is 19.3 Å². The molecule has 2 rings (SSSR count). The zero-order valence-corrected chi connectivity index (χ0v) is 10.4. The fourth-order valence-electron chi connectivity index (χ4n) is 2.24. The molecule has 1 aliphatic heterocycles. The lowest BCUT2D eigenvalue weighted by Crippen LogP contribution is -2.27. The minimum Gasteiger partial charge on any atom is -0.378 e. The zero-order chi connectivity index (χ0) is 13.0. The molecule has 0 spiro atoms. The maximum absolute atomic E-state index is 13.8. The molecule has 4 heteroatoms. The Labute approximate surface area is 107 Å². The average molecular weight is 248 g/mol. The molecule has 3 nitrogen and oxygen atoms in total. The normalized spacial score (nSPS) is 22.9. The molecule has 0 radical (unpaired) electrons. The second kappa shape index (κ2) is 5.94. The fourth-order valence-corrected chi connectivity index (χ4v) is 2.24. The molecule has 0 bridgehead atoms. The third-order valence-electron chi connectivity index (χ3n) is 3.45. The van der Waals surface area contributed by atoms with Crippen molar-refractivity contribution in [1.82, 2.24) is 5.32 Å². The molecule has 0 aliphatic carbocycles. The molecule has 18 heavy (non-hydrogen) atoms. The number of benzene rings is 1. The fraction of sp³-hybridized carbons (Fsp3) is 0.500. The molecule has 1 N–H and O–H groups in total. The van der Waals surface area contributed by atoms with Gasteiger partial charge in [-0.2, -0.15) is 5.26 Å². The summed E-state index contributed by atoms with van der Waals surface area (Å²) in [6, 6.07) is 6.76. The van der Waals surface area contributed by atoms with E-state index in [1.165, 1.54) is 6.07 Å². The Bertz CT molecular complexity index is 456. The second-order valence-corrected chi connectivity index (χ2v) is 4.65. The third-order valence-corrected chi connectivity index (χ3v) is 3.45. The molecular formula is C14H17FN2O. The van der Waals surface area contributed by atoms with Crippen LogP contribution in [0.25, 0.3) is 0 Å². The van der Waals surface area contributed by atoms with Crippen LogP contribution in [0.2, 0.25) is 0 Å². The first-order chi connectivity index (χ1) is 8.72. The number of hydrogen-bond donors (Lipinski definition) is 1. The standard InChI is InChI=1S/C14H17FN2O/c1-10-12(5-6-18-10)8-17-9-13-4-2-3-11(7-16)14(13)15/h2-4,10,12,17H,5-6,8-9H2,1H3. The van der Waals surface area contributed by atoms with Crippen LogP contribution in [0.3, 0.4) is 0 Å². The van der Waals surface area contributed by atoms with Crippen LogP contribution in [0.15, 0.2) is 18.2 Å². The molecule has 96 valence electrons. The molecule has 1 aliphatic rings. The first kappa shape index (κ1) is 13.0. The highest BCUT2D eigenvalue weighted by atomic mass is 19.1. The summed E-state index contributed by atoms with van der Waals surface area (Å²) in [5, 5.41) is 12.0. The summed E-state index contributed by atoms with van der Waals surface area (Å²) < 4.78 is 19.2. The number of nitrogens with zero attached hydrogens (tertiary/aromatic N) is 1. The van der Waals surface area contributed by atoms with Gasteiger partial charge in [-0.15, -0.1) is 0 Å². The van der Waals surface area contributed by atoms with Crippen molar-refractivity contribution in [3.05, 3.63) is 35.1 Å². The van der Waals surface area contributed by atoms with Crippen molar-refractivity contribution in [2.45, 2.75) is 26.0 Å². The van der Waals surface area contributed by atoms with E-state index in [-0.39, 0.29) is 11.7 Å². The summed E-state index contributed by atoms with van der Waals surface area (Å²) in [6.07, 6.45) is 1.32. The van der Waals surface area contributed by atoms with Gasteiger partial charge in [0.15, 0.2) is 0 Å². The van der Waals surface area contributed by atoms with E-state index in [4.69, 9.17) is 10.00 Å². The van der Waals surface area contributed by atoms with E-state index in [9.17, 15) is 4.39 Å². The predicted octanol–water partition coefficient (Wildman–Crippen LogP) is 2.21. The topological polar surface area (TPSA) is 45.0 Å². The van der Waals surface area contributed by atoms with E-state index in [0.29, 0.717) is 18.0 Å². The van der Waals surface area contributed by atoms with Gasteiger partial charge in [-0.1, -0.05) is 12.1 Å². The third kappa shape index (κ3) is 2.87. The van der Waals surface area contributed by atoms with Crippen molar-refractivity contribution >= 4 is 0 Å². The Hall–Kier alpha value is -1.44. The molecule has 1 saturated heterocycles. The first-order valence-corrected chi connectivity index (χ1v) is 6.22. The lowest BCUT2D eigenvalue weighted by Gasteiger charge is -2.15. The summed E-state index contributed by atoms with van der Waals surface area (Å²) in [7, 11) is 0. The molecule has 1 heterocycles. The van der Waals surface area contributed by atoms with E-state index in [1.54, 1.807) is 12.1 Å². The number of hydrogen-bond acceptors (Lipinski definition) is 3. The van der Waals surface area contributed by atoms with Crippen LogP contribution in [-0.2, 0) is 11.3 Å². The van der Waals surface area contributed by atoms with Gasteiger partial charge in [0.1, 0.15) is 11.9 Å². The van der Waals surface area contributed by atoms with Crippen LogP contribution >= 0.6 is 0 Å². The minimum absolute atomic E-state index is 0.104. The quantitative estimate of drug-likeness (QED) is 0.888. The smallest absolute Gasteiger partial charge is 0.145 e. The van der Waals surface area contributed by atoms with Crippen molar-refractivity contribution in [1.29, 1.82) is 5.26 Å². The van der Waals surface area contributed by atoms with Gasteiger partial charge in [0.2, 0.25) is 0 Å². The Morgan fingerprint density at radius 3 is 3.06 bits per heavy atom. The Balaban J connectivity index is 1.89. The summed E-state index contributed by atoms with van der Waals surface area (Å²) in [4.78, 5) is 0. The molecule has 2 unspecified atom stereocenters. The van der Waals surface area contributed by atoms with Crippen LogP contribution in [0, 0.1) is 23.1 Å². The Morgan fingerprint density at radius 2 is 2.39 bits per heavy atom. The van der Waals surface area contributed by atoms with E-state index >= 15 is 0 Å². The highest BCUT2D eigenvalue weighted by Crippen LogP contribution is 2.19. The van der Waals surface area contributed by atoms with Crippen LogP contribution in [0.1, 0.15) is 24.5 Å². The average Bonchev–Trinajstić information content (AvgIpc) is 2.77. The number of nitriles is 1. The number of nitrogens with one attached hydrogen (secondary N) is 1. The lowest BCUT2D eigenvalue weighted by atomic mass is 10.0. The summed E-state index contributed by atoms with van der Waals surface area (Å²) in [5.41, 5.74) is 0.646. The SMILES string of the molecule is CC1OCCC1CNCc1cccc(C#N)c1F. The van der Waals surface area contributed by atoms with Crippen molar-refractivity contribution in [3.63, 3.8) is 0 Å². The summed E-state index contributed by atoms with van der Waals surface area (Å²) in [5.74, 6) is 0.0791. The van der Waals surface area contributed by atoms with Gasteiger partial charge in [-0.25, -0.2) is 4.39 Å². The van der Waals surface area contributed by atoms with Gasteiger partial charge < -0.3 is 10.1 Å². The van der Waals surface area contributed by atoms with Crippen LogP contribution in [0.5, 0.6) is 0 Å². The number of rotatable bonds is 4. The minimum atomic E-state index is -0.414. The molecule has 1 aromatic carbocycles. The summed E-state index contributed by atoms with van der Waals surface area (Å²) >= 11 is 0. The molecule has 0 saturated carbocycles. The second-order valence-electron chi connectivity index (χ2n) is 4.65. The highest BCUT2D eigenvalue weighted by molar-refractivity contribution is 5.34. The molecule has 0 aromatic heterocycles. The first-order valence-electron chi connectivity index (χ1n) is 6.22. The van der Waals surface area contributed by atoms with Gasteiger partial charge in [-0.3, -0.25) is 0 Å². The predicted molar refractivity (Wildman–Crippen MR) is 66.3 cm³/mol. The van der Waals surface area contributed by atoms with Gasteiger partial charge in [0.25, 0.3) is 0 Å². The molecule has 1 fully saturated rings. The van der Waals surface area contributed by atoms with Gasteiger partial charge in [0.05, 0.1) is 11.7 Å². The molecule has 2 atom stereocenters. The van der Waals surface area contributed by atoms with Gasteiger partial charge in [0, 0.05) is 25.3 Å². The maximum atomic E-state index is 13.8. The maximum Gasteiger partial charge on any atom is 0.145 e. The Morgan fingerprint density at radius 1 is 1.56 bits per heavy atom. The Kier molecular flexibility index (Phi) is 4.29. The number of ether oxygens (including phenoxy) is 1.